The third-order valence-electron chi connectivity index (χ3n) is 3.80. The normalized spacial score (nSPS) is 10.9. The van der Waals surface area contributed by atoms with Gasteiger partial charge in [0.05, 0.1) is 21.3 Å². The Balaban J connectivity index is 2.68. The van der Waals surface area contributed by atoms with E-state index in [1.54, 1.807) is 32.0 Å². The average Bonchev–Trinajstić information content (AvgIpc) is 2.53. The first-order valence-electron chi connectivity index (χ1n) is 7.71. The number of aryl methyl sites for hydroxylation is 1. The van der Waals surface area contributed by atoms with E-state index in [0.717, 1.165) is 25.3 Å². The lowest BCUT2D eigenvalue weighted by Gasteiger charge is -2.24. The molecule has 4 nitrogen and oxygen atoms in total. The fourth-order valence-electron chi connectivity index (χ4n) is 2.64. The Morgan fingerprint density at radius 1 is 1.22 bits per heavy atom. The third kappa shape index (κ3) is 3.38. The zero-order valence-corrected chi connectivity index (χ0v) is 15.4. The molecule has 0 bridgehead atoms. The van der Waals surface area contributed by atoms with E-state index < -0.39 is 0 Å². The molecule has 1 heterocycles. The van der Waals surface area contributed by atoms with Crippen LogP contribution in [0.25, 0.3) is 5.69 Å². The fraction of sp³-hybridized carbons (Fsp3) is 0.412. The van der Waals surface area contributed by atoms with Crippen LogP contribution in [0.15, 0.2) is 23.0 Å². The molecule has 124 valence electrons. The standard InChI is InChI=1S/C17H21Cl2N3O/c1-5-10-21(6-2)16-11(3)17(23)22(12(4)20-16)14-9-7-8-13(18)15(14)19/h7-9H,5-6,10H2,1-4H3. The molecule has 0 aliphatic rings. The summed E-state index contributed by atoms with van der Waals surface area (Å²) in [7, 11) is 0. The van der Waals surface area contributed by atoms with E-state index in [9.17, 15) is 4.79 Å². The predicted molar refractivity (Wildman–Crippen MR) is 97.5 cm³/mol. The fourth-order valence-corrected chi connectivity index (χ4v) is 3.02. The third-order valence-corrected chi connectivity index (χ3v) is 4.61. The number of hydrogen-bond donors (Lipinski definition) is 0. The van der Waals surface area contributed by atoms with Gasteiger partial charge in [0.15, 0.2) is 0 Å². The first-order valence-corrected chi connectivity index (χ1v) is 8.47. The highest BCUT2D eigenvalue weighted by atomic mass is 35.5. The van der Waals surface area contributed by atoms with Crippen LogP contribution >= 0.6 is 23.2 Å². The summed E-state index contributed by atoms with van der Waals surface area (Å²) in [6, 6.07) is 5.24. The molecule has 0 N–H and O–H groups in total. The number of anilines is 1. The minimum Gasteiger partial charge on any atom is -0.356 e. The van der Waals surface area contributed by atoms with Crippen LogP contribution in [0, 0.1) is 13.8 Å². The lowest BCUT2D eigenvalue weighted by molar-refractivity contribution is 0.752. The van der Waals surface area contributed by atoms with Crippen LogP contribution in [-0.2, 0) is 0 Å². The maximum Gasteiger partial charge on any atom is 0.263 e. The summed E-state index contributed by atoms with van der Waals surface area (Å²) < 4.78 is 1.52. The first-order chi connectivity index (χ1) is 10.9. The number of hydrogen-bond acceptors (Lipinski definition) is 3. The van der Waals surface area contributed by atoms with E-state index in [1.165, 1.54) is 4.57 Å². The average molecular weight is 354 g/mol. The van der Waals surface area contributed by atoms with Crippen LogP contribution in [0.2, 0.25) is 10.0 Å². The molecule has 1 aromatic carbocycles. The van der Waals surface area contributed by atoms with Gasteiger partial charge < -0.3 is 4.90 Å². The summed E-state index contributed by atoms with van der Waals surface area (Å²) in [4.78, 5) is 19.7. The molecule has 0 amide bonds. The number of halogens is 2. The van der Waals surface area contributed by atoms with Crippen molar-refractivity contribution >= 4 is 29.0 Å². The smallest absolute Gasteiger partial charge is 0.263 e. The molecule has 23 heavy (non-hydrogen) atoms. The molecule has 2 aromatic rings. The van der Waals surface area contributed by atoms with Crippen LogP contribution < -0.4 is 10.5 Å². The summed E-state index contributed by atoms with van der Waals surface area (Å²) in [6.07, 6.45) is 0.997. The van der Waals surface area contributed by atoms with Gasteiger partial charge in [-0.1, -0.05) is 36.2 Å². The Bertz CT molecular complexity index is 771. The van der Waals surface area contributed by atoms with Gasteiger partial charge in [-0.2, -0.15) is 0 Å². The van der Waals surface area contributed by atoms with E-state index in [0.29, 0.717) is 27.1 Å². The Labute approximate surface area is 146 Å². The summed E-state index contributed by atoms with van der Waals surface area (Å²) in [5.74, 6) is 1.33. The van der Waals surface area contributed by atoms with Crippen molar-refractivity contribution in [3.05, 3.63) is 50.0 Å². The van der Waals surface area contributed by atoms with Crippen molar-refractivity contribution in [1.82, 2.24) is 9.55 Å². The minimum absolute atomic E-state index is 0.119. The van der Waals surface area contributed by atoms with Gasteiger partial charge in [0.1, 0.15) is 11.6 Å². The molecule has 0 aliphatic carbocycles. The monoisotopic (exact) mass is 353 g/mol. The highest BCUT2D eigenvalue weighted by molar-refractivity contribution is 6.43. The van der Waals surface area contributed by atoms with E-state index in [-0.39, 0.29) is 5.56 Å². The molecular weight excluding hydrogens is 333 g/mol. The van der Waals surface area contributed by atoms with Gasteiger partial charge in [-0.25, -0.2) is 4.98 Å². The SMILES string of the molecule is CCCN(CC)c1nc(C)n(-c2cccc(Cl)c2Cl)c(=O)c1C. The first kappa shape index (κ1) is 17.8. The lowest BCUT2D eigenvalue weighted by Crippen LogP contribution is -2.32. The maximum atomic E-state index is 12.9. The summed E-state index contributed by atoms with van der Waals surface area (Å²) in [5, 5.41) is 0.771. The Kier molecular flexibility index (Phi) is 5.71. The Morgan fingerprint density at radius 3 is 2.52 bits per heavy atom. The maximum absolute atomic E-state index is 12.9. The quantitative estimate of drug-likeness (QED) is 0.799. The van der Waals surface area contributed by atoms with Gasteiger partial charge in [0, 0.05) is 13.1 Å². The number of rotatable bonds is 5. The van der Waals surface area contributed by atoms with Gasteiger partial charge in [-0.15, -0.1) is 0 Å². The second-order valence-electron chi connectivity index (χ2n) is 5.40. The van der Waals surface area contributed by atoms with Crippen LogP contribution in [0.4, 0.5) is 5.82 Å². The van der Waals surface area contributed by atoms with Gasteiger partial charge in [0.2, 0.25) is 0 Å². The molecule has 0 saturated heterocycles. The zero-order valence-electron chi connectivity index (χ0n) is 13.9. The molecule has 0 spiro atoms. The van der Waals surface area contributed by atoms with E-state index in [4.69, 9.17) is 23.2 Å². The van der Waals surface area contributed by atoms with Gasteiger partial charge in [-0.3, -0.25) is 9.36 Å². The number of aromatic nitrogens is 2. The van der Waals surface area contributed by atoms with Crippen molar-refractivity contribution < 1.29 is 0 Å². The van der Waals surface area contributed by atoms with Crippen molar-refractivity contribution in [1.29, 1.82) is 0 Å². The van der Waals surface area contributed by atoms with E-state index >= 15 is 0 Å². The minimum atomic E-state index is -0.119. The lowest BCUT2D eigenvalue weighted by atomic mass is 10.2. The predicted octanol–water partition coefficient (Wildman–Crippen LogP) is 4.39. The van der Waals surface area contributed by atoms with E-state index in [2.05, 4.69) is 23.7 Å². The second kappa shape index (κ2) is 7.37. The van der Waals surface area contributed by atoms with Crippen molar-refractivity contribution in [3.63, 3.8) is 0 Å². The van der Waals surface area contributed by atoms with Crippen LogP contribution in [0.3, 0.4) is 0 Å². The van der Waals surface area contributed by atoms with Crippen LogP contribution in [-0.4, -0.2) is 22.6 Å². The Hall–Kier alpha value is -1.52. The topological polar surface area (TPSA) is 38.1 Å². The number of benzene rings is 1. The summed E-state index contributed by atoms with van der Waals surface area (Å²) in [5.41, 5.74) is 1.05. The Morgan fingerprint density at radius 2 is 1.91 bits per heavy atom. The molecule has 0 radical (unpaired) electrons. The molecule has 2 rings (SSSR count). The van der Waals surface area contributed by atoms with Crippen molar-refractivity contribution in [2.24, 2.45) is 0 Å². The molecule has 0 unspecified atom stereocenters. The van der Waals surface area contributed by atoms with E-state index in [1.807, 2.05) is 0 Å². The van der Waals surface area contributed by atoms with Gasteiger partial charge in [0.25, 0.3) is 5.56 Å². The summed E-state index contributed by atoms with van der Waals surface area (Å²) >= 11 is 12.4. The molecule has 6 heteroatoms. The van der Waals surface area contributed by atoms with Crippen molar-refractivity contribution in [2.45, 2.75) is 34.1 Å². The summed E-state index contributed by atoms with van der Waals surface area (Å²) in [6.45, 7) is 9.45. The molecule has 1 aromatic heterocycles. The van der Waals surface area contributed by atoms with Gasteiger partial charge >= 0.3 is 0 Å². The van der Waals surface area contributed by atoms with Crippen molar-refractivity contribution in [3.8, 4) is 5.69 Å². The highest BCUT2D eigenvalue weighted by Gasteiger charge is 2.18. The van der Waals surface area contributed by atoms with Crippen LogP contribution in [0.1, 0.15) is 31.7 Å². The second-order valence-corrected chi connectivity index (χ2v) is 6.19. The largest absolute Gasteiger partial charge is 0.356 e. The van der Waals surface area contributed by atoms with Crippen LogP contribution in [0.5, 0.6) is 0 Å². The van der Waals surface area contributed by atoms with Gasteiger partial charge in [-0.05, 0) is 39.3 Å². The molecular formula is C17H21Cl2N3O. The zero-order chi connectivity index (χ0) is 17.1. The highest BCUT2D eigenvalue weighted by Crippen LogP contribution is 2.28. The molecule has 0 aliphatic heterocycles. The number of nitrogens with zero attached hydrogens (tertiary/aromatic N) is 3. The molecule has 0 saturated carbocycles. The molecule has 0 fully saturated rings. The molecule has 0 atom stereocenters. The van der Waals surface area contributed by atoms with Crippen molar-refractivity contribution in [2.75, 3.05) is 18.0 Å².